The van der Waals surface area contributed by atoms with Crippen LogP contribution in [0.2, 0.25) is 0 Å². The number of aromatic nitrogens is 1. The molecule has 5 heteroatoms. The number of carbonyl (C=O) groups excluding carboxylic acids is 1. The molecule has 0 bridgehead atoms. The summed E-state index contributed by atoms with van der Waals surface area (Å²) in [5, 5.41) is 4.11. The van der Waals surface area contributed by atoms with Gasteiger partial charge in [0.25, 0.3) is 5.91 Å². The Labute approximate surface area is 197 Å². The lowest BCUT2D eigenvalue weighted by Gasteiger charge is -2.22. The van der Waals surface area contributed by atoms with E-state index in [1.165, 1.54) is 12.1 Å². The van der Waals surface area contributed by atoms with E-state index in [-0.39, 0.29) is 17.8 Å². The number of carbonyl (C=O) groups is 1. The van der Waals surface area contributed by atoms with Crippen LogP contribution in [0.25, 0.3) is 22.2 Å². The van der Waals surface area contributed by atoms with Crippen molar-refractivity contribution in [2.24, 2.45) is 5.92 Å². The lowest BCUT2D eigenvalue weighted by atomic mass is 9.95. The van der Waals surface area contributed by atoms with E-state index in [9.17, 15) is 9.18 Å². The van der Waals surface area contributed by atoms with Crippen molar-refractivity contribution in [1.29, 1.82) is 0 Å². The van der Waals surface area contributed by atoms with Gasteiger partial charge >= 0.3 is 0 Å². The molecule has 1 aromatic heterocycles. The number of nitrogens with zero attached hydrogens (tertiary/aromatic N) is 1. The maximum Gasteiger partial charge on any atom is 0.252 e. The number of hydrogen-bond acceptors (Lipinski definition) is 3. The van der Waals surface area contributed by atoms with Gasteiger partial charge in [0.2, 0.25) is 0 Å². The highest BCUT2D eigenvalue weighted by Gasteiger charge is 2.34. The van der Waals surface area contributed by atoms with Crippen LogP contribution in [-0.4, -0.2) is 17.1 Å². The van der Waals surface area contributed by atoms with Crippen LogP contribution in [0.4, 0.5) is 4.39 Å². The fourth-order valence-corrected chi connectivity index (χ4v) is 5.02. The molecule has 1 fully saturated rings. The van der Waals surface area contributed by atoms with Crippen molar-refractivity contribution in [2.45, 2.75) is 24.6 Å². The Morgan fingerprint density at radius 3 is 2.55 bits per heavy atom. The maximum atomic E-state index is 14.0. The highest BCUT2D eigenvalue weighted by Crippen LogP contribution is 2.42. The third kappa shape index (κ3) is 4.51. The van der Waals surface area contributed by atoms with Gasteiger partial charge in [-0.2, -0.15) is 11.8 Å². The number of hydrogen-bond donors (Lipinski definition) is 1. The molecule has 1 N–H and O–H groups in total. The zero-order valence-corrected chi connectivity index (χ0v) is 19.2. The van der Waals surface area contributed by atoms with Crippen molar-refractivity contribution in [3.05, 3.63) is 101 Å². The van der Waals surface area contributed by atoms with Crippen molar-refractivity contribution in [3.63, 3.8) is 0 Å². The molecule has 3 nitrogen and oxygen atoms in total. The number of pyridine rings is 1. The second-order valence-electron chi connectivity index (χ2n) is 8.47. The number of benzene rings is 3. The molecule has 166 valence electrons. The van der Waals surface area contributed by atoms with Gasteiger partial charge in [-0.3, -0.25) is 4.79 Å². The predicted octanol–water partition coefficient (Wildman–Crippen LogP) is 6.79. The first-order chi connectivity index (χ1) is 16.2. The van der Waals surface area contributed by atoms with Crippen molar-refractivity contribution in [2.75, 3.05) is 6.26 Å². The van der Waals surface area contributed by atoms with Crippen molar-refractivity contribution in [3.8, 4) is 11.3 Å². The fourth-order valence-electron chi connectivity index (χ4n) is 4.45. The molecule has 1 atom stereocenters. The molecular formula is C28H25FN2OS. The minimum absolute atomic E-state index is 0.129. The van der Waals surface area contributed by atoms with Gasteiger partial charge in [-0.15, -0.1) is 0 Å². The Hall–Kier alpha value is -3.18. The van der Waals surface area contributed by atoms with Crippen molar-refractivity contribution < 1.29 is 9.18 Å². The molecular weight excluding hydrogens is 431 g/mol. The van der Waals surface area contributed by atoms with E-state index >= 15 is 0 Å². The van der Waals surface area contributed by atoms with E-state index in [0.717, 1.165) is 46.1 Å². The van der Waals surface area contributed by atoms with Crippen LogP contribution < -0.4 is 5.32 Å². The Balaban J connectivity index is 1.64. The molecule has 1 heterocycles. The van der Waals surface area contributed by atoms with Crippen LogP contribution in [0.5, 0.6) is 0 Å². The highest BCUT2D eigenvalue weighted by molar-refractivity contribution is 7.97. The minimum atomic E-state index is -0.281. The van der Waals surface area contributed by atoms with Crippen LogP contribution in [0.3, 0.4) is 0 Å². The van der Waals surface area contributed by atoms with E-state index < -0.39 is 0 Å². The first-order valence-electron chi connectivity index (χ1n) is 11.2. The molecule has 0 radical (unpaired) electrons. The summed E-state index contributed by atoms with van der Waals surface area (Å²) in [5.74, 6) is 0.590. The summed E-state index contributed by atoms with van der Waals surface area (Å²) in [6.07, 6.45) is 4.10. The summed E-state index contributed by atoms with van der Waals surface area (Å²) in [5.41, 5.74) is 5.03. The van der Waals surface area contributed by atoms with Crippen LogP contribution in [-0.2, 0) is 5.75 Å². The normalized spacial score (nSPS) is 14.2. The van der Waals surface area contributed by atoms with E-state index in [4.69, 9.17) is 4.98 Å². The van der Waals surface area contributed by atoms with Crippen LogP contribution in [0, 0.1) is 11.7 Å². The number of rotatable bonds is 7. The lowest BCUT2D eigenvalue weighted by molar-refractivity contribution is 0.0932. The molecule has 3 aromatic carbocycles. The van der Waals surface area contributed by atoms with Crippen LogP contribution in [0.15, 0.2) is 78.9 Å². The molecule has 1 amide bonds. The van der Waals surface area contributed by atoms with Crippen molar-refractivity contribution >= 4 is 28.6 Å². The second kappa shape index (κ2) is 9.36. The Morgan fingerprint density at radius 2 is 1.82 bits per heavy atom. The Morgan fingerprint density at radius 1 is 1.06 bits per heavy atom. The number of para-hydroxylation sites is 1. The van der Waals surface area contributed by atoms with Gasteiger partial charge in [0.1, 0.15) is 5.82 Å². The summed E-state index contributed by atoms with van der Waals surface area (Å²) < 4.78 is 14.0. The molecule has 33 heavy (non-hydrogen) atoms. The molecule has 0 spiro atoms. The van der Waals surface area contributed by atoms with Gasteiger partial charge in [0, 0.05) is 22.3 Å². The van der Waals surface area contributed by atoms with Crippen LogP contribution in [0.1, 0.15) is 40.4 Å². The van der Waals surface area contributed by atoms with Gasteiger partial charge < -0.3 is 5.32 Å². The first kappa shape index (κ1) is 21.7. The monoisotopic (exact) mass is 456 g/mol. The number of amides is 1. The highest BCUT2D eigenvalue weighted by atomic mass is 32.2. The number of fused-ring (bicyclic) bond motifs is 1. The molecule has 1 saturated carbocycles. The van der Waals surface area contributed by atoms with Gasteiger partial charge in [-0.05, 0) is 48.8 Å². The van der Waals surface area contributed by atoms with Gasteiger partial charge in [0.05, 0.1) is 22.8 Å². The third-order valence-corrected chi connectivity index (χ3v) is 6.72. The SMILES string of the molecule is CSCc1c(-c2ccccc2)nc2ccccc2c1C(=O)NC(c1cccc(F)c1)C1CC1. The van der Waals surface area contributed by atoms with E-state index in [2.05, 4.69) is 5.32 Å². The summed E-state index contributed by atoms with van der Waals surface area (Å²) in [7, 11) is 0. The largest absolute Gasteiger partial charge is 0.345 e. The first-order valence-corrected chi connectivity index (χ1v) is 12.6. The predicted molar refractivity (Wildman–Crippen MR) is 134 cm³/mol. The molecule has 0 saturated heterocycles. The summed E-state index contributed by atoms with van der Waals surface area (Å²) in [4.78, 5) is 18.9. The average Bonchev–Trinajstić information content (AvgIpc) is 3.68. The molecule has 1 unspecified atom stereocenters. The summed E-state index contributed by atoms with van der Waals surface area (Å²) >= 11 is 1.67. The number of halogens is 1. The van der Waals surface area contributed by atoms with E-state index in [1.807, 2.05) is 66.9 Å². The van der Waals surface area contributed by atoms with Crippen molar-refractivity contribution in [1.82, 2.24) is 10.3 Å². The summed E-state index contributed by atoms with van der Waals surface area (Å²) in [6, 6.07) is 24.2. The van der Waals surface area contributed by atoms with Gasteiger partial charge in [0.15, 0.2) is 0 Å². The van der Waals surface area contributed by atoms with Crippen LogP contribution >= 0.6 is 11.8 Å². The topological polar surface area (TPSA) is 42.0 Å². The molecule has 5 rings (SSSR count). The van der Waals surface area contributed by atoms with E-state index in [0.29, 0.717) is 17.2 Å². The third-order valence-electron chi connectivity index (χ3n) is 6.14. The standard InChI is InChI=1S/C28H25FN2OS/c1-33-17-23-25(28(32)31-26(19-14-15-19)20-10-7-11-21(29)16-20)22-12-5-6-13-24(22)30-27(23)18-8-3-2-4-9-18/h2-13,16,19,26H,14-15,17H2,1H3,(H,31,32). The minimum Gasteiger partial charge on any atom is -0.345 e. The fraction of sp³-hybridized carbons (Fsp3) is 0.214. The molecule has 1 aliphatic carbocycles. The summed E-state index contributed by atoms with van der Waals surface area (Å²) in [6.45, 7) is 0. The number of thioether (sulfide) groups is 1. The Bertz CT molecular complexity index is 1300. The molecule has 1 aliphatic rings. The Kier molecular flexibility index (Phi) is 6.14. The molecule has 0 aliphatic heterocycles. The van der Waals surface area contributed by atoms with Gasteiger partial charge in [-0.25, -0.2) is 9.37 Å². The molecule has 4 aromatic rings. The zero-order valence-electron chi connectivity index (χ0n) is 18.4. The zero-order chi connectivity index (χ0) is 22.8. The van der Waals surface area contributed by atoms with Gasteiger partial charge in [-0.1, -0.05) is 60.7 Å². The average molecular weight is 457 g/mol. The second-order valence-corrected chi connectivity index (χ2v) is 9.34. The maximum absolute atomic E-state index is 14.0. The van der Waals surface area contributed by atoms with E-state index in [1.54, 1.807) is 17.8 Å². The number of nitrogens with one attached hydrogen (secondary N) is 1. The smallest absolute Gasteiger partial charge is 0.252 e. The quantitative estimate of drug-likeness (QED) is 0.333. The lowest BCUT2D eigenvalue weighted by Crippen LogP contribution is -2.31.